The number of nitrogens with zero attached hydrogens (tertiary/aromatic N) is 5. The third-order valence-electron chi connectivity index (χ3n) is 3.91. The quantitative estimate of drug-likeness (QED) is 0.896. The molecule has 1 aliphatic heterocycles. The van der Waals surface area contributed by atoms with Crippen LogP contribution in [0.2, 0.25) is 0 Å². The highest BCUT2D eigenvalue weighted by molar-refractivity contribution is 5.91. The lowest BCUT2D eigenvalue weighted by Gasteiger charge is -2.32. The molecule has 0 radical (unpaired) electrons. The Balaban J connectivity index is 1.51. The highest BCUT2D eigenvalue weighted by Crippen LogP contribution is 2.22. The first-order chi connectivity index (χ1) is 11.3. The summed E-state index contributed by atoms with van der Waals surface area (Å²) in [5.74, 6) is 1.01. The van der Waals surface area contributed by atoms with E-state index < -0.39 is 0 Å². The third kappa shape index (κ3) is 3.45. The molecule has 0 saturated carbocycles. The summed E-state index contributed by atoms with van der Waals surface area (Å²) in [7, 11) is 0. The maximum Gasteiger partial charge on any atom is 0.289 e. The zero-order valence-electron chi connectivity index (χ0n) is 12.5. The molecule has 1 amide bonds. The van der Waals surface area contributed by atoms with Crippen LogP contribution in [0.4, 0.5) is 5.82 Å². The summed E-state index contributed by atoms with van der Waals surface area (Å²) in [6.45, 7) is 2.17. The molecule has 1 aliphatic rings. The number of rotatable bonds is 4. The van der Waals surface area contributed by atoms with E-state index >= 15 is 0 Å². The minimum Gasteiger partial charge on any atom is -0.354 e. The highest BCUT2D eigenvalue weighted by atomic mass is 16.5. The van der Waals surface area contributed by atoms with Crippen LogP contribution in [-0.4, -0.2) is 40.7 Å². The van der Waals surface area contributed by atoms with Gasteiger partial charge in [0, 0.05) is 38.1 Å². The number of aromatic nitrogens is 3. The van der Waals surface area contributed by atoms with Gasteiger partial charge in [-0.1, -0.05) is 5.16 Å². The number of hydrogen-bond acceptors (Lipinski definition) is 7. The Labute approximate surface area is 133 Å². The molecule has 0 aliphatic carbocycles. The third-order valence-corrected chi connectivity index (χ3v) is 3.91. The number of anilines is 1. The molecule has 23 heavy (non-hydrogen) atoms. The summed E-state index contributed by atoms with van der Waals surface area (Å²) >= 11 is 0. The second-order valence-corrected chi connectivity index (χ2v) is 5.36. The Morgan fingerprint density at radius 2 is 2.13 bits per heavy atom. The summed E-state index contributed by atoms with van der Waals surface area (Å²) in [6, 6.07) is 3.61. The largest absolute Gasteiger partial charge is 0.354 e. The molecule has 0 atom stereocenters. The van der Waals surface area contributed by atoms with E-state index in [1.807, 2.05) is 0 Å². The van der Waals surface area contributed by atoms with Crippen molar-refractivity contribution in [1.82, 2.24) is 20.4 Å². The molecule has 118 valence electrons. The van der Waals surface area contributed by atoms with Crippen LogP contribution in [0.25, 0.3) is 0 Å². The number of nitrogens with one attached hydrogen (secondary N) is 1. The molecule has 0 aromatic carbocycles. The summed E-state index contributed by atoms with van der Waals surface area (Å²) in [5.41, 5.74) is 0.351. The van der Waals surface area contributed by atoms with E-state index in [2.05, 4.69) is 31.4 Å². The van der Waals surface area contributed by atoms with Crippen LogP contribution in [0.1, 0.15) is 29.1 Å². The Morgan fingerprint density at radius 1 is 1.35 bits per heavy atom. The van der Waals surface area contributed by atoms with Crippen molar-refractivity contribution in [1.29, 1.82) is 5.26 Å². The molecule has 1 N–H and O–H groups in total. The van der Waals surface area contributed by atoms with Crippen molar-refractivity contribution in [3.63, 3.8) is 0 Å². The fourth-order valence-electron chi connectivity index (χ4n) is 2.65. The zero-order valence-corrected chi connectivity index (χ0v) is 12.5. The highest BCUT2D eigenvalue weighted by Gasteiger charge is 2.23. The molecule has 3 rings (SSSR count). The predicted octanol–water partition coefficient (Wildman–Crippen LogP) is 0.983. The minimum atomic E-state index is -0.245. The fraction of sp³-hybridized carbons (Fsp3) is 0.400. The van der Waals surface area contributed by atoms with E-state index in [0.29, 0.717) is 24.0 Å². The average molecular weight is 312 g/mol. The standard InChI is InChI=1S/C15H16N6O2/c16-9-12-14(18-6-5-17-12)21-7-2-11(3-8-21)10-19-15(22)13-1-4-20-23-13/h1,4-6,11H,2-3,7-8,10H2,(H,19,22). The smallest absolute Gasteiger partial charge is 0.289 e. The average Bonchev–Trinajstić information content (AvgIpc) is 3.15. The van der Waals surface area contributed by atoms with Gasteiger partial charge in [-0.25, -0.2) is 9.97 Å². The predicted molar refractivity (Wildman–Crippen MR) is 80.5 cm³/mol. The molecule has 1 saturated heterocycles. The van der Waals surface area contributed by atoms with Gasteiger partial charge in [-0.3, -0.25) is 4.79 Å². The molecule has 1 fully saturated rings. The van der Waals surface area contributed by atoms with Gasteiger partial charge in [0.1, 0.15) is 6.07 Å². The number of carbonyl (C=O) groups is 1. The zero-order chi connectivity index (χ0) is 16.1. The number of carbonyl (C=O) groups excluding carboxylic acids is 1. The topological polar surface area (TPSA) is 108 Å². The van der Waals surface area contributed by atoms with Crippen LogP contribution in [-0.2, 0) is 0 Å². The van der Waals surface area contributed by atoms with Crippen molar-refractivity contribution in [2.45, 2.75) is 12.8 Å². The SMILES string of the molecule is N#Cc1nccnc1N1CCC(CNC(=O)c2ccno2)CC1. The lowest BCUT2D eigenvalue weighted by molar-refractivity contribution is 0.0908. The van der Waals surface area contributed by atoms with Gasteiger partial charge in [0.15, 0.2) is 11.5 Å². The monoisotopic (exact) mass is 312 g/mol. The lowest BCUT2D eigenvalue weighted by atomic mass is 9.96. The van der Waals surface area contributed by atoms with E-state index in [1.54, 1.807) is 6.20 Å². The number of piperidine rings is 1. The van der Waals surface area contributed by atoms with Crippen molar-refractivity contribution in [2.75, 3.05) is 24.5 Å². The summed E-state index contributed by atoms with van der Waals surface area (Å²) in [4.78, 5) is 22.2. The van der Waals surface area contributed by atoms with Crippen LogP contribution in [0.5, 0.6) is 0 Å². The summed E-state index contributed by atoms with van der Waals surface area (Å²) in [5, 5.41) is 15.5. The molecule has 2 aromatic rings. The Morgan fingerprint density at radius 3 is 2.83 bits per heavy atom. The Bertz CT molecular complexity index is 701. The van der Waals surface area contributed by atoms with Crippen molar-refractivity contribution >= 4 is 11.7 Å². The first-order valence-electron chi connectivity index (χ1n) is 7.43. The van der Waals surface area contributed by atoms with Gasteiger partial charge >= 0.3 is 0 Å². The Kier molecular flexibility index (Phi) is 4.47. The van der Waals surface area contributed by atoms with Crippen molar-refractivity contribution in [3.05, 3.63) is 36.1 Å². The van der Waals surface area contributed by atoms with Crippen LogP contribution in [0.3, 0.4) is 0 Å². The second kappa shape index (κ2) is 6.87. The normalized spacial score (nSPS) is 15.2. The molecule has 8 heteroatoms. The van der Waals surface area contributed by atoms with E-state index in [4.69, 9.17) is 9.78 Å². The van der Waals surface area contributed by atoms with Crippen LogP contribution in [0.15, 0.2) is 29.2 Å². The molecule has 0 spiro atoms. The summed E-state index contributed by atoms with van der Waals surface area (Å²) in [6.07, 6.45) is 6.39. The van der Waals surface area contributed by atoms with E-state index in [9.17, 15) is 4.79 Å². The van der Waals surface area contributed by atoms with Crippen molar-refractivity contribution in [2.24, 2.45) is 5.92 Å². The molecule has 3 heterocycles. The fourth-order valence-corrected chi connectivity index (χ4v) is 2.65. The van der Waals surface area contributed by atoms with Gasteiger partial charge in [-0.15, -0.1) is 0 Å². The van der Waals surface area contributed by atoms with Gasteiger partial charge in [-0.05, 0) is 18.8 Å². The molecule has 0 bridgehead atoms. The Hall–Kier alpha value is -2.95. The maximum absolute atomic E-state index is 11.8. The first kappa shape index (κ1) is 15.0. The number of hydrogen-bond donors (Lipinski definition) is 1. The van der Waals surface area contributed by atoms with Gasteiger partial charge in [0.05, 0.1) is 6.20 Å². The van der Waals surface area contributed by atoms with Gasteiger partial charge in [0.2, 0.25) is 5.76 Å². The van der Waals surface area contributed by atoms with Crippen LogP contribution in [0, 0.1) is 17.2 Å². The van der Waals surface area contributed by atoms with Crippen molar-refractivity contribution in [3.8, 4) is 6.07 Å². The van der Waals surface area contributed by atoms with Crippen LogP contribution >= 0.6 is 0 Å². The van der Waals surface area contributed by atoms with Crippen LogP contribution < -0.4 is 10.2 Å². The minimum absolute atomic E-state index is 0.223. The van der Waals surface area contributed by atoms with Gasteiger partial charge in [0.25, 0.3) is 5.91 Å². The van der Waals surface area contributed by atoms with E-state index in [0.717, 1.165) is 25.9 Å². The first-order valence-corrected chi connectivity index (χ1v) is 7.43. The van der Waals surface area contributed by atoms with E-state index in [-0.39, 0.29) is 11.7 Å². The lowest BCUT2D eigenvalue weighted by Crippen LogP contribution is -2.39. The van der Waals surface area contributed by atoms with Gasteiger partial charge in [-0.2, -0.15) is 5.26 Å². The van der Waals surface area contributed by atoms with E-state index in [1.165, 1.54) is 18.5 Å². The maximum atomic E-state index is 11.8. The number of nitriles is 1. The van der Waals surface area contributed by atoms with Gasteiger partial charge < -0.3 is 14.7 Å². The molecular formula is C15H16N6O2. The summed E-state index contributed by atoms with van der Waals surface area (Å²) < 4.78 is 4.82. The molecule has 8 nitrogen and oxygen atoms in total. The van der Waals surface area contributed by atoms with Crippen molar-refractivity contribution < 1.29 is 9.32 Å². The number of amides is 1. The second-order valence-electron chi connectivity index (χ2n) is 5.36. The molecule has 2 aromatic heterocycles. The molecular weight excluding hydrogens is 296 g/mol. The molecule has 0 unspecified atom stereocenters.